The highest BCUT2D eigenvalue weighted by Gasteiger charge is 2.26. The van der Waals surface area contributed by atoms with E-state index >= 15 is 0 Å². The number of thiophene rings is 1. The van der Waals surface area contributed by atoms with Crippen molar-refractivity contribution in [2.45, 2.75) is 0 Å². The third-order valence-electron chi connectivity index (χ3n) is 1.96. The van der Waals surface area contributed by atoms with Gasteiger partial charge in [-0.15, -0.1) is 11.3 Å². The molecule has 0 bridgehead atoms. The Balaban J connectivity index is 2.00. The molecule has 0 unspecified atom stereocenters. The Morgan fingerprint density at radius 3 is 3.07 bits per heavy atom. The number of ether oxygens (including phenoxy) is 1. The van der Waals surface area contributed by atoms with E-state index in [0.717, 1.165) is 9.78 Å². The molecule has 0 N–H and O–H groups in total. The number of hydrogen-bond donors (Lipinski definition) is 0. The normalized spacial score (nSPS) is 16.0. The minimum Gasteiger partial charge on any atom is -0.447 e. The van der Waals surface area contributed by atoms with E-state index < -0.39 is 6.09 Å². The highest BCUT2D eigenvalue weighted by atomic mass is 32.1. The van der Waals surface area contributed by atoms with Crippen molar-refractivity contribution in [2.75, 3.05) is 13.2 Å². The van der Waals surface area contributed by atoms with Gasteiger partial charge >= 0.3 is 6.09 Å². The first-order valence-corrected chi connectivity index (χ1v) is 5.35. The zero-order valence-corrected chi connectivity index (χ0v) is 8.70. The van der Waals surface area contributed by atoms with Gasteiger partial charge in [0.15, 0.2) is 0 Å². The summed E-state index contributed by atoms with van der Waals surface area (Å²) in [5.41, 5.74) is 0. The molecule has 2 heterocycles. The lowest BCUT2D eigenvalue weighted by atomic mass is 10.4. The maximum absolute atomic E-state index is 11.5. The maximum atomic E-state index is 11.5. The quantitative estimate of drug-likeness (QED) is 0.717. The molecule has 2 rings (SSSR count). The van der Waals surface area contributed by atoms with Gasteiger partial charge < -0.3 is 4.74 Å². The summed E-state index contributed by atoms with van der Waals surface area (Å²) in [5, 5.41) is 1.92. The number of carbonyl (C=O) groups excluding carboxylic acids is 2. The fourth-order valence-electron chi connectivity index (χ4n) is 1.22. The molecular formula is C10H9NO3S. The minimum absolute atomic E-state index is 0.289. The van der Waals surface area contributed by atoms with Crippen LogP contribution in [0.4, 0.5) is 4.79 Å². The molecule has 0 radical (unpaired) electrons. The molecule has 15 heavy (non-hydrogen) atoms. The van der Waals surface area contributed by atoms with Gasteiger partial charge in [0.2, 0.25) is 0 Å². The molecular weight excluding hydrogens is 214 g/mol. The van der Waals surface area contributed by atoms with E-state index in [0.29, 0.717) is 6.54 Å². The third-order valence-corrected chi connectivity index (χ3v) is 2.80. The van der Waals surface area contributed by atoms with E-state index in [4.69, 9.17) is 0 Å². The molecule has 0 aliphatic carbocycles. The second kappa shape index (κ2) is 4.27. The van der Waals surface area contributed by atoms with Crippen molar-refractivity contribution in [3.05, 3.63) is 28.5 Å². The van der Waals surface area contributed by atoms with E-state index in [2.05, 4.69) is 4.74 Å². The first kappa shape index (κ1) is 9.92. The number of amides is 2. The fraction of sp³-hybridized carbons (Fsp3) is 0.200. The highest BCUT2D eigenvalue weighted by Crippen LogP contribution is 2.11. The van der Waals surface area contributed by atoms with Gasteiger partial charge in [-0.2, -0.15) is 0 Å². The van der Waals surface area contributed by atoms with Gasteiger partial charge in [-0.05, 0) is 17.5 Å². The zero-order chi connectivity index (χ0) is 10.7. The van der Waals surface area contributed by atoms with E-state index in [9.17, 15) is 9.59 Å². The Morgan fingerprint density at radius 1 is 1.60 bits per heavy atom. The Kier molecular flexibility index (Phi) is 2.82. The van der Waals surface area contributed by atoms with Crippen LogP contribution in [-0.4, -0.2) is 30.1 Å². The standard InChI is InChI=1S/C10H9NO3S/c12-9(11-5-6-14-10(11)13)4-3-8-2-1-7-15-8/h1-4,7H,5-6H2/b4-3+. The lowest BCUT2D eigenvalue weighted by Gasteiger charge is -2.05. The molecule has 1 saturated heterocycles. The second-order valence-electron chi connectivity index (χ2n) is 2.95. The molecule has 1 fully saturated rings. The summed E-state index contributed by atoms with van der Waals surface area (Å²) >= 11 is 1.53. The molecule has 1 aliphatic rings. The topological polar surface area (TPSA) is 46.6 Å². The van der Waals surface area contributed by atoms with Gasteiger partial charge in [0, 0.05) is 11.0 Å². The summed E-state index contributed by atoms with van der Waals surface area (Å²) in [6.07, 6.45) is 2.52. The molecule has 1 aliphatic heterocycles. The largest absolute Gasteiger partial charge is 0.447 e. The molecule has 0 saturated carbocycles. The van der Waals surface area contributed by atoms with Crippen LogP contribution in [0.5, 0.6) is 0 Å². The van der Waals surface area contributed by atoms with E-state index in [1.54, 1.807) is 6.08 Å². The van der Waals surface area contributed by atoms with E-state index in [1.807, 2.05) is 17.5 Å². The summed E-state index contributed by atoms with van der Waals surface area (Å²) in [7, 11) is 0. The molecule has 4 nitrogen and oxygen atoms in total. The van der Waals surface area contributed by atoms with Crippen LogP contribution in [-0.2, 0) is 9.53 Å². The molecule has 2 amide bonds. The zero-order valence-electron chi connectivity index (χ0n) is 7.88. The first-order chi connectivity index (χ1) is 7.27. The summed E-state index contributed by atoms with van der Waals surface area (Å²) in [4.78, 5) is 24.6. The molecule has 1 aromatic heterocycles. The smallest absolute Gasteiger partial charge is 0.416 e. The average Bonchev–Trinajstić information content (AvgIpc) is 2.84. The van der Waals surface area contributed by atoms with Gasteiger partial charge in [-0.25, -0.2) is 9.69 Å². The van der Waals surface area contributed by atoms with Crippen molar-refractivity contribution in [1.82, 2.24) is 4.90 Å². The molecule has 0 atom stereocenters. The SMILES string of the molecule is O=C(/C=C/c1cccs1)N1CCOC1=O. The van der Waals surface area contributed by atoms with Gasteiger partial charge in [-0.1, -0.05) is 6.07 Å². The summed E-state index contributed by atoms with van der Waals surface area (Å²) in [6.45, 7) is 0.629. The van der Waals surface area contributed by atoms with Crippen LogP contribution in [0, 0.1) is 0 Å². The molecule has 78 valence electrons. The lowest BCUT2D eigenvalue weighted by molar-refractivity contribution is -0.122. The number of carbonyl (C=O) groups is 2. The predicted molar refractivity (Wildman–Crippen MR) is 56.4 cm³/mol. The fourth-order valence-corrected chi connectivity index (χ4v) is 1.84. The van der Waals surface area contributed by atoms with E-state index in [-0.39, 0.29) is 12.5 Å². The van der Waals surface area contributed by atoms with Crippen molar-refractivity contribution in [3.63, 3.8) is 0 Å². The number of cyclic esters (lactones) is 1. The maximum Gasteiger partial charge on any atom is 0.416 e. The first-order valence-electron chi connectivity index (χ1n) is 4.47. The van der Waals surface area contributed by atoms with Gasteiger partial charge in [0.05, 0.1) is 6.54 Å². The van der Waals surface area contributed by atoms with Gasteiger partial charge in [0.1, 0.15) is 6.61 Å². The highest BCUT2D eigenvalue weighted by molar-refractivity contribution is 7.10. The van der Waals surface area contributed by atoms with Crippen molar-refractivity contribution in [3.8, 4) is 0 Å². The van der Waals surface area contributed by atoms with Gasteiger partial charge in [0.25, 0.3) is 5.91 Å². The number of hydrogen-bond acceptors (Lipinski definition) is 4. The number of nitrogens with zero attached hydrogens (tertiary/aromatic N) is 1. The lowest BCUT2D eigenvalue weighted by Crippen LogP contribution is -2.29. The average molecular weight is 223 g/mol. The van der Waals surface area contributed by atoms with Crippen molar-refractivity contribution in [1.29, 1.82) is 0 Å². The van der Waals surface area contributed by atoms with Crippen LogP contribution in [0.2, 0.25) is 0 Å². The van der Waals surface area contributed by atoms with Crippen LogP contribution in [0.15, 0.2) is 23.6 Å². The third kappa shape index (κ3) is 2.24. The molecule has 5 heteroatoms. The van der Waals surface area contributed by atoms with Gasteiger partial charge in [-0.3, -0.25) is 4.79 Å². The summed E-state index contributed by atoms with van der Waals surface area (Å²) in [5.74, 6) is -0.328. The van der Waals surface area contributed by atoms with Crippen LogP contribution in [0.3, 0.4) is 0 Å². The van der Waals surface area contributed by atoms with Crippen molar-refractivity contribution < 1.29 is 14.3 Å². The second-order valence-corrected chi connectivity index (χ2v) is 3.93. The van der Waals surface area contributed by atoms with Crippen LogP contribution < -0.4 is 0 Å². The Morgan fingerprint density at radius 2 is 2.47 bits per heavy atom. The monoisotopic (exact) mass is 223 g/mol. The molecule has 0 aromatic carbocycles. The molecule has 0 spiro atoms. The van der Waals surface area contributed by atoms with Crippen molar-refractivity contribution >= 4 is 29.4 Å². The van der Waals surface area contributed by atoms with Crippen LogP contribution in [0.1, 0.15) is 4.88 Å². The number of imide groups is 1. The van der Waals surface area contributed by atoms with Crippen molar-refractivity contribution in [2.24, 2.45) is 0 Å². The molecule has 1 aromatic rings. The number of rotatable bonds is 2. The Labute approximate surface area is 90.8 Å². The van der Waals surface area contributed by atoms with Crippen LogP contribution >= 0.6 is 11.3 Å². The summed E-state index contributed by atoms with van der Waals surface area (Å²) in [6, 6.07) is 3.80. The Hall–Kier alpha value is -1.62. The minimum atomic E-state index is -0.559. The van der Waals surface area contributed by atoms with E-state index in [1.165, 1.54) is 17.4 Å². The van der Waals surface area contributed by atoms with Crippen LogP contribution in [0.25, 0.3) is 6.08 Å². The summed E-state index contributed by atoms with van der Waals surface area (Å²) < 4.78 is 4.66. The Bertz CT molecular complexity index is 397. The predicted octanol–water partition coefficient (Wildman–Crippen LogP) is 1.74.